The van der Waals surface area contributed by atoms with E-state index in [9.17, 15) is 4.79 Å². The Morgan fingerprint density at radius 2 is 1.77 bits per heavy atom. The molecule has 2 aromatic rings. The van der Waals surface area contributed by atoms with Gasteiger partial charge in [-0.15, -0.1) is 0 Å². The lowest BCUT2D eigenvalue weighted by atomic mass is 10.0. The largest absolute Gasteiger partial charge is 0.493 e. The monoisotopic (exact) mass is 428 g/mol. The molecule has 7 heteroatoms. The SMILES string of the molecule is CCOc1cc(/C=N/NC(=O)OC)ccc1OCCCOc1cc(C)ccc1C(C)C. The Labute approximate surface area is 184 Å². The summed E-state index contributed by atoms with van der Waals surface area (Å²) >= 11 is 0. The fourth-order valence-electron chi connectivity index (χ4n) is 2.86. The van der Waals surface area contributed by atoms with Crippen molar-refractivity contribution >= 4 is 12.3 Å². The number of nitrogens with zero attached hydrogens (tertiary/aromatic N) is 1. The predicted octanol–water partition coefficient (Wildman–Crippen LogP) is 5.05. The first-order chi connectivity index (χ1) is 14.9. The third-order valence-corrected chi connectivity index (χ3v) is 4.42. The molecule has 168 valence electrons. The summed E-state index contributed by atoms with van der Waals surface area (Å²) in [6.45, 7) is 9.87. The van der Waals surface area contributed by atoms with E-state index >= 15 is 0 Å². The van der Waals surface area contributed by atoms with Crippen LogP contribution in [0.3, 0.4) is 0 Å². The highest BCUT2D eigenvalue weighted by atomic mass is 16.5. The molecule has 2 aromatic carbocycles. The van der Waals surface area contributed by atoms with Gasteiger partial charge in [0.15, 0.2) is 11.5 Å². The van der Waals surface area contributed by atoms with Crippen molar-refractivity contribution in [2.45, 2.75) is 40.0 Å². The minimum absolute atomic E-state index is 0.408. The van der Waals surface area contributed by atoms with E-state index in [-0.39, 0.29) is 0 Å². The van der Waals surface area contributed by atoms with Crippen LogP contribution in [-0.2, 0) is 4.74 Å². The van der Waals surface area contributed by atoms with Crippen molar-refractivity contribution in [2.75, 3.05) is 26.9 Å². The molecule has 2 rings (SSSR count). The highest BCUT2D eigenvalue weighted by Crippen LogP contribution is 2.29. The van der Waals surface area contributed by atoms with Gasteiger partial charge >= 0.3 is 6.09 Å². The minimum atomic E-state index is -0.630. The molecule has 0 aromatic heterocycles. The molecule has 0 fully saturated rings. The van der Waals surface area contributed by atoms with E-state index in [2.05, 4.69) is 54.2 Å². The Balaban J connectivity index is 1.90. The molecule has 0 saturated carbocycles. The first-order valence-corrected chi connectivity index (χ1v) is 10.4. The number of ether oxygens (including phenoxy) is 4. The minimum Gasteiger partial charge on any atom is -0.493 e. The lowest BCUT2D eigenvalue weighted by Crippen LogP contribution is -2.16. The zero-order valence-corrected chi connectivity index (χ0v) is 18.9. The van der Waals surface area contributed by atoms with Crippen molar-refractivity contribution in [3.63, 3.8) is 0 Å². The summed E-state index contributed by atoms with van der Waals surface area (Å²) in [5.41, 5.74) is 5.40. The molecule has 31 heavy (non-hydrogen) atoms. The van der Waals surface area contributed by atoms with E-state index in [4.69, 9.17) is 14.2 Å². The Morgan fingerprint density at radius 3 is 2.45 bits per heavy atom. The number of rotatable bonds is 11. The van der Waals surface area contributed by atoms with Crippen molar-refractivity contribution in [1.29, 1.82) is 0 Å². The zero-order valence-electron chi connectivity index (χ0n) is 18.9. The molecule has 1 amide bonds. The lowest BCUT2D eigenvalue weighted by Gasteiger charge is -2.16. The summed E-state index contributed by atoms with van der Waals surface area (Å²) in [7, 11) is 1.28. The van der Waals surface area contributed by atoms with E-state index in [1.54, 1.807) is 6.07 Å². The summed E-state index contributed by atoms with van der Waals surface area (Å²) in [6, 6.07) is 11.8. The Morgan fingerprint density at radius 1 is 1.03 bits per heavy atom. The summed E-state index contributed by atoms with van der Waals surface area (Å²) < 4.78 is 22.1. The maximum atomic E-state index is 11.1. The average molecular weight is 429 g/mol. The molecule has 0 aliphatic heterocycles. The lowest BCUT2D eigenvalue weighted by molar-refractivity contribution is 0.171. The molecule has 0 aliphatic carbocycles. The summed E-state index contributed by atoms with van der Waals surface area (Å²) in [5, 5.41) is 3.82. The predicted molar refractivity (Wildman–Crippen MR) is 122 cm³/mol. The topological polar surface area (TPSA) is 78.4 Å². The first kappa shape index (κ1) is 24.1. The van der Waals surface area contributed by atoms with Gasteiger partial charge in [-0.05, 0) is 60.7 Å². The van der Waals surface area contributed by atoms with Gasteiger partial charge in [0.2, 0.25) is 0 Å². The van der Waals surface area contributed by atoms with Gasteiger partial charge in [0.1, 0.15) is 5.75 Å². The first-order valence-electron chi connectivity index (χ1n) is 10.4. The molecule has 0 saturated heterocycles. The molecule has 0 atom stereocenters. The molecule has 7 nitrogen and oxygen atoms in total. The van der Waals surface area contributed by atoms with Crippen molar-refractivity contribution in [3.05, 3.63) is 53.1 Å². The average Bonchev–Trinajstić information content (AvgIpc) is 2.74. The third-order valence-electron chi connectivity index (χ3n) is 4.42. The molecular weight excluding hydrogens is 396 g/mol. The van der Waals surface area contributed by atoms with Gasteiger partial charge in [0.25, 0.3) is 0 Å². The van der Waals surface area contributed by atoms with E-state index in [1.165, 1.54) is 24.5 Å². The van der Waals surface area contributed by atoms with Gasteiger partial charge in [0.05, 0.1) is 33.1 Å². The van der Waals surface area contributed by atoms with Crippen LogP contribution < -0.4 is 19.6 Å². The number of carbonyl (C=O) groups is 1. The quantitative estimate of drug-likeness (QED) is 0.308. The number of carbonyl (C=O) groups excluding carboxylic acids is 1. The van der Waals surface area contributed by atoms with Gasteiger partial charge in [0, 0.05) is 6.42 Å². The second-order valence-electron chi connectivity index (χ2n) is 7.25. The van der Waals surface area contributed by atoms with Crippen LogP contribution in [0.25, 0.3) is 0 Å². The molecular formula is C24H32N2O5. The van der Waals surface area contributed by atoms with Gasteiger partial charge < -0.3 is 18.9 Å². The summed E-state index contributed by atoms with van der Waals surface area (Å²) in [5.74, 6) is 2.62. The number of hydrazone groups is 1. The Bertz CT molecular complexity index is 880. The van der Waals surface area contributed by atoms with E-state index in [0.29, 0.717) is 37.2 Å². The number of methoxy groups -OCH3 is 1. The number of amides is 1. The fraction of sp³-hybridized carbons (Fsp3) is 0.417. The zero-order chi connectivity index (χ0) is 22.6. The van der Waals surface area contributed by atoms with E-state index in [1.807, 2.05) is 19.1 Å². The van der Waals surface area contributed by atoms with Crippen molar-refractivity contribution < 1.29 is 23.7 Å². The third kappa shape index (κ3) is 7.85. The standard InChI is InChI=1S/C24H32N2O5/c1-6-29-23-15-19(16-25-26-24(27)28-5)9-11-21(23)30-12-7-13-31-22-14-18(4)8-10-20(22)17(2)3/h8-11,14-17H,6-7,12-13H2,1-5H3,(H,26,27)/b25-16+. The van der Waals surface area contributed by atoms with Crippen LogP contribution in [0.1, 0.15) is 49.8 Å². The number of hydrogen-bond donors (Lipinski definition) is 1. The number of nitrogens with one attached hydrogen (secondary N) is 1. The number of aryl methyl sites for hydroxylation is 1. The van der Waals surface area contributed by atoms with Gasteiger partial charge in [-0.2, -0.15) is 5.10 Å². The molecule has 1 N–H and O–H groups in total. The molecule has 0 bridgehead atoms. The Hall–Kier alpha value is -3.22. The van der Waals surface area contributed by atoms with Gasteiger partial charge in [-0.3, -0.25) is 0 Å². The van der Waals surface area contributed by atoms with E-state index < -0.39 is 6.09 Å². The summed E-state index contributed by atoms with van der Waals surface area (Å²) in [4.78, 5) is 11.1. The highest BCUT2D eigenvalue weighted by Gasteiger charge is 2.09. The maximum Gasteiger partial charge on any atom is 0.427 e. The molecule has 0 aliphatic rings. The summed E-state index contributed by atoms with van der Waals surface area (Å²) in [6.07, 6.45) is 1.61. The van der Waals surface area contributed by atoms with Crippen LogP contribution in [0.2, 0.25) is 0 Å². The number of benzene rings is 2. The van der Waals surface area contributed by atoms with Crippen molar-refractivity contribution in [1.82, 2.24) is 5.43 Å². The van der Waals surface area contributed by atoms with Crippen LogP contribution in [0, 0.1) is 6.92 Å². The maximum absolute atomic E-state index is 11.1. The second kappa shape index (κ2) is 12.5. The smallest absolute Gasteiger partial charge is 0.427 e. The van der Waals surface area contributed by atoms with Crippen molar-refractivity contribution in [2.24, 2.45) is 5.10 Å². The van der Waals surface area contributed by atoms with E-state index in [0.717, 1.165) is 17.7 Å². The second-order valence-corrected chi connectivity index (χ2v) is 7.25. The van der Waals surface area contributed by atoms with Gasteiger partial charge in [-0.1, -0.05) is 26.0 Å². The van der Waals surface area contributed by atoms with Crippen molar-refractivity contribution in [3.8, 4) is 17.2 Å². The molecule has 0 unspecified atom stereocenters. The highest BCUT2D eigenvalue weighted by molar-refractivity contribution is 5.82. The van der Waals surface area contributed by atoms with Crippen LogP contribution in [-0.4, -0.2) is 39.2 Å². The molecule has 0 spiro atoms. The normalized spacial score (nSPS) is 10.9. The Kier molecular flexibility index (Phi) is 9.68. The van der Waals surface area contributed by atoms with Crippen LogP contribution in [0.15, 0.2) is 41.5 Å². The van der Waals surface area contributed by atoms with Gasteiger partial charge in [-0.25, -0.2) is 10.2 Å². The van der Waals surface area contributed by atoms with Crippen LogP contribution in [0.5, 0.6) is 17.2 Å². The van der Waals surface area contributed by atoms with Crippen LogP contribution >= 0.6 is 0 Å². The fourth-order valence-corrected chi connectivity index (χ4v) is 2.86. The molecule has 0 heterocycles. The number of hydrogen-bond acceptors (Lipinski definition) is 6. The van der Waals surface area contributed by atoms with Crippen LogP contribution in [0.4, 0.5) is 4.79 Å². The molecule has 0 radical (unpaired) electrons.